The maximum absolute atomic E-state index is 13.1. The number of nitrogens with one attached hydrogen (secondary N) is 1. The monoisotopic (exact) mass is 486 g/mol. The predicted molar refractivity (Wildman–Crippen MR) is 144 cm³/mol. The van der Waals surface area contributed by atoms with Crippen LogP contribution in [0.4, 0.5) is 11.4 Å². The van der Waals surface area contributed by atoms with Gasteiger partial charge in [0.05, 0.1) is 24.3 Å². The molecule has 1 atom stereocenters. The van der Waals surface area contributed by atoms with E-state index in [9.17, 15) is 9.59 Å². The van der Waals surface area contributed by atoms with Crippen LogP contribution in [-0.4, -0.2) is 70.7 Å². The van der Waals surface area contributed by atoms with Crippen LogP contribution < -0.4 is 15.1 Å². The fourth-order valence-electron chi connectivity index (χ4n) is 4.64. The number of nitrogens with zero attached hydrogens (tertiary/aromatic N) is 3. The Bertz CT molecular complexity index is 1160. The summed E-state index contributed by atoms with van der Waals surface area (Å²) in [6, 6.07) is 25.7. The lowest BCUT2D eigenvalue weighted by Crippen LogP contribution is -2.50. The normalized spacial score (nSPS) is 14.7. The van der Waals surface area contributed by atoms with Crippen molar-refractivity contribution in [3.8, 4) is 0 Å². The van der Waals surface area contributed by atoms with E-state index < -0.39 is 5.97 Å². The maximum Gasteiger partial charge on any atom is 0.338 e. The molecule has 1 aliphatic rings. The standard InChI is InChI=1S/C29H34N4O3/c1-31(2)23-15-13-22(14-16-23)27(33-19-17-32(18-20-33)24-9-5-4-6-10-24)21-30-28(34)25-11-7-8-12-26(25)29(35)36-3/h4-16,27H,17-21H2,1-3H3,(H,30,34). The van der Waals surface area contributed by atoms with Crippen molar-refractivity contribution in [1.82, 2.24) is 10.2 Å². The van der Waals surface area contributed by atoms with Crippen molar-refractivity contribution in [2.24, 2.45) is 0 Å². The van der Waals surface area contributed by atoms with Crippen molar-refractivity contribution in [1.29, 1.82) is 0 Å². The van der Waals surface area contributed by atoms with E-state index in [1.807, 2.05) is 20.2 Å². The Labute approximate surface area is 213 Å². The molecule has 0 radical (unpaired) electrons. The van der Waals surface area contributed by atoms with Gasteiger partial charge in [-0.2, -0.15) is 0 Å². The summed E-state index contributed by atoms with van der Waals surface area (Å²) in [6.45, 7) is 4.01. The Kier molecular flexibility index (Phi) is 8.23. The Balaban J connectivity index is 1.51. The zero-order chi connectivity index (χ0) is 25.5. The number of carbonyl (C=O) groups excluding carboxylic acids is 2. The predicted octanol–water partition coefficient (Wildman–Crippen LogP) is 3.83. The van der Waals surface area contributed by atoms with Crippen LogP contribution in [0.1, 0.15) is 32.3 Å². The van der Waals surface area contributed by atoms with Crippen LogP contribution in [0.2, 0.25) is 0 Å². The summed E-state index contributed by atoms with van der Waals surface area (Å²) in [6.07, 6.45) is 0. The zero-order valence-electron chi connectivity index (χ0n) is 21.2. The smallest absolute Gasteiger partial charge is 0.338 e. The molecule has 36 heavy (non-hydrogen) atoms. The molecule has 0 bridgehead atoms. The van der Waals surface area contributed by atoms with Gasteiger partial charge in [0.15, 0.2) is 0 Å². The van der Waals surface area contributed by atoms with E-state index in [-0.39, 0.29) is 17.5 Å². The van der Waals surface area contributed by atoms with Gasteiger partial charge in [-0.3, -0.25) is 9.69 Å². The van der Waals surface area contributed by atoms with Gasteiger partial charge in [-0.05, 0) is 42.0 Å². The van der Waals surface area contributed by atoms with Gasteiger partial charge in [-0.1, -0.05) is 42.5 Å². The molecule has 0 saturated carbocycles. The molecule has 0 aromatic heterocycles. The van der Waals surface area contributed by atoms with Gasteiger partial charge >= 0.3 is 5.97 Å². The summed E-state index contributed by atoms with van der Waals surface area (Å²) in [5.74, 6) is -0.803. The highest BCUT2D eigenvalue weighted by Gasteiger charge is 2.26. The number of methoxy groups -OCH3 is 1. The van der Waals surface area contributed by atoms with E-state index in [2.05, 4.69) is 68.5 Å². The van der Waals surface area contributed by atoms with Crippen molar-refractivity contribution in [3.63, 3.8) is 0 Å². The molecule has 7 heteroatoms. The van der Waals surface area contributed by atoms with Crippen molar-refractivity contribution < 1.29 is 14.3 Å². The Hall–Kier alpha value is -3.84. The van der Waals surface area contributed by atoms with Gasteiger partial charge in [0.25, 0.3) is 5.91 Å². The van der Waals surface area contributed by atoms with Crippen LogP contribution in [0.25, 0.3) is 0 Å². The van der Waals surface area contributed by atoms with Crippen molar-refractivity contribution in [3.05, 3.63) is 95.6 Å². The van der Waals surface area contributed by atoms with Crippen LogP contribution in [0.3, 0.4) is 0 Å². The van der Waals surface area contributed by atoms with E-state index >= 15 is 0 Å². The zero-order valence-corrected chi connectivity index (χ0v) is 21.2. The SMILES string of the molecule is COC(=O)c1ccccc1C(=O)NCC(c1ccc(N(C)C)cc1)N1CCN(c2ccccc2)CC1. The number of hydrogen-bond donors (Lipinski definition) is 1. The molecule has 188 valence electrons. The number of ether oxygens (including phenoxy) is 1. The lowest BCUT2D eigenvalue weighted by atomic mass is 10.0. The molecule has 1 N–H and O–H groups in total. The maximum atomic E-state index is 13.1. The Morgan fingerprint density at radius 2 is 1.47 bits per heavy atom. The van der Waals surface area contributed by atoms with Crippen molar-refractivity contribution in [2.45, 2.75) is 6.04 Å². The number of hydrogen-bond acceptors (Lipinski definition) is 6. The van der Waals surface area contributed by atoms with E-state index in [4.69, 9.17) is 4.74 Å². The molecular formula is C29H34N4O3. The number of rotatable bonds is 8. The topological polar surface area (TPSA) is 65.1 Å². The van der Waals surface area contributed by atoms with Crippen LogP contribution in [-0.2, 0) is 4.74 Å². The van der Waals surface area contributed by atoms with Gasteiger partial charge in [0.1, 0.15) is 0 Å². The molecule has 1 heterocycles. The highest BCUT2D eigenvalue weighted by molar-refractivity contribution is 6.05. The first-order chi connectivity index (χ1) is 17.5. The van der Waals surface area contributed by atoms with E-state index in [1.165, 1.54) is 12.8 Å². The minimum atomic E-state index is -0.520. The summed E-state index contributed by atoms with van der Waals surface area (Å²) in [4.78, 5) is 32.2. The summed E-state index contributed by atoms with van der Waals surface area (Å²) in [5, 5.41) is 3.08. The molecule has 1 amide bonds. The number of esters is 1. The van der Waals surface area contributed by atoms with Crippen LogP contribution in [0.15, 0.2) is 78.9 Å². The number of carbonyl (C=O) groups is 2. The molecule has 4 rings (SSSR count). The third kappa shape index (κ3) is 5.86. The number of piperazine rings is 1. The van der Waals surface area contributed by atoms with Crippen LogP contribution in [0, 0.1) is 0 Å². The summed E-state index contributed by atoms with van der Waals surface area (Å²) in [7, 11) is 5.36. The molecule has 0 aliphatic carbocycles. The highest BCUT2D eigenvalue weighted by Crippen LogP contribution is 2.26. The minimum Gasteiger partial charge on any atom is -0.465 e. The molecule has 1 unspecified atom stereocenters. The number of benzene rings is 3. The average Bonchev–Trinajstić information content (AvgIpc) is 2.93. The van der Waals surface area contributed by atoms with Crippen molar-refractivity contribution in [2.75, 3.05) is 63.7 Å². The fraction of sp³-hybridized carbons (Fsp3) is 0.310. The van der Waals surface area contributed by atoms with Crippen LogP contribution >= 0.6 is 0 Å². The molecule has 3 aromatic rings. The third-order valence-electron chi connectivity index (χ3n) is 6.70. The third-order valence-corrected chi connectivity index (χ3v) is 6.70. The second-order valence-corrected chi connectivity index (χ2v) is 9.11. The van der Waals surface area contributed by atoms with Gasteiger partial charge in [-0.15, -0.1) is 0 Å². The molecule has 1 saturated heterocycles. The van der Waals surface area contributed by atoms with Gasteiger partial charge in [-0.25, -0.2) is 4.79 Å². The van der Waals surface area contributed by atoms with Crippen LogP contribution in [0.5, 0.6) is 0 Å². The van der Waals surface area contributed by atoms with E-state index in [0.717, 1.165) is 37.4 Å². The second kappa shape index (κ2) is 11.7. The Morgan fingerprint density at radius 1 is 0.861 bits per heavy atom. The molecule has 0 spiro atoms. The molecule has 1 aliphatic heterocycles. The van der Waals surface area contributed by atoms with E-state index in [0.29, 0.717) is 12.1 Å². The quantitative estimate of drug-likeness (QED) is 0.488. The second-order valence-electron chi connectivity index (χ2n) is 9.11. The summed E-state index contributed by atoms with van der Waals surface area (Å²) < 4.78 is 4.86. The van der Waals surface area contributed by atoms with Gasteiger partial charge < -0.3 is 19.9 Å². The molecular weight excluding hydrogens is 452 g/mol. The lowest BCUT2D eigenvalue weighted by Gasteiger charge is -2.40. The van der Waals surface area contributed by atoms with Gasteiger partial charge in [0, 0.05) is 58.2 Å². The minimum absolute atomic E-state index is 0.00775. The lowest BCUT2D eigenvalue weighted by molar-refractivity contribution is 0.0596. The first-order valence-electron chi connectivity index (χ1n) is 12.2. The summed E-state index contributed by atoms with van der Waals surface area (Å²) >= 11 is 0. The number of para-hydroxylation sites is 1. The van der Waals surface area contributed by atoms with E-state index in [1.54, 1.807) is 24.3 Å². The summed E-state index contributed by atoms with van der Waals surface area (Å²) in [5.41, 5.74) is 4.09. The fourth-order valence-corrected chi connectivity index (χ4v) is 4.64. The number of amides is 1. The first kappa shape index (κ1) is 25.3. The highest BCUT2D eigenvalue weighted by atomic mass is 16.5. The first-order valence-corrected chi connectivity index (χ1v) is 12.2. The Morgan fingerprint density at radius 3 is 2.08 bits per heavy atom. The number of anilines is 2. The average molecular weight is 487 g/mol. The largest absolute Gasteiger partial charge is 0.465 e. The molecule has 7 nitrogen and oxygen atoms in total. The van der Waals surface area contributed by atoms with Gasteiger partial charge in [0.2, 0.25) is 0 Å². The molecule has 3 aromatic carbocycles. The molecule has 1 fully saturated rings. The van der Waals surface area contributed by atoms with Crippen molar-refractivity contribution >= 4 is 23.3 Å².